The highest BCUT2D eigenvalue weighted by Crippen LogP contribution is 2.30. The van der Waals surface area contributed by atoms with E-state index in [0.29, 0.717) is 0 Å². The number of hydrogen-bond acceptors (Lipinski definition) is 4. The molecule has 17 heavy (non-hydrogen) atoms. The minimum absolute atomic E-state index is 0.0722. The van der Waals surface area contributed by atoms with Crippen LogP contribution in [0.15, 0.2) is 17.5 Å². The zero-order valence-corrected chi connectivity index (χ0v) is 10.1. The minimum atomic E-state index is -3.32. The molecule has 1 fully saturated rings. The smallest absolute Gasteiger partial charge is 0.377 e. The van der Waals surface area contributed by atoms with E-state index in [0.717, 1.165) is 4.88 Å². The van der Waals surface area contributed by atoms with Gasteiger partial charge in [0, 0.05) is 17.5 Å². The van der Waals surface area contributed by atoms with Crippen molar-refractivity contribution in [2.75, 3.05) is 6.54 Å². The van der Waals surface area contributed by atoms with Gasteiger partial charge in [-0.2, -0.15) is 8.78 Å². The average Bonchev–Trinajstić information content (AvgIpc) is 2.85. The first-order valence-electron chi connectivity index (χ1n) is 5.35. The molecule has 1 aromatic rings. The van der Waals surface area contributed by atoms with Gasteiger partial charge in [-0.3, -0.25) is 0 Å². The standard InChI is InChI=1S/C11H13F2NO2S/c1-7(9-3-2-4-17-9)14-6-8-5-11(12,13)10(15)16-8/h2-4,7-8,14H,5-6H2,1H3. The summed E-state index contributed by atoms with van der Waals surface area (Å²) in [7, 11) is 0. The van der Waals surface area contributed by atoms with Gasteiger partial charge in [0.25, 0.3) is 0 Å². The van der Waals surface area contributed by atoms with Crippen LogP contribution in [0.5, 0.6) is 0 Å². The van der Waals surface area contributed by atoms with Gasteiger partial charge in [-0.15, -0.1) is 11.3 Å². The first-order chi connectivity index (χ1) is 7.99. The van der Waals surface area contributed by atoms with Crippen LogP contribution in [0.4, 0.5) is 8.78 Å². The van der Waals surface area contributed by atoms with Crippen molar-refractivity contribution in [1.29, 1.82) is 0 Å². The molecule has 3 nitrogen and oxygen atoms in total. The normalized spacial score (nSPS) is 24.6. The monoisotopic (exact) mass is 261 g/mol. The van der Waals surface area contributed by atoms with Gasteiger partial charge >= 0.3 is 11.9 Å². The summed E-state index contributed by atoms with van der Waals surface area (Å²) in [5, 5.41) is 5.04. The van der Waals surface area contributed by atoms with Gasteiger partial charge in [-0.25, -0.2) is 4.79 Å². The van der Waals surface area contributed by atoms with E-state index in [9.17, 15) is 13.6 Å². The Bertz CT molecular complexity index is 394. The van der Waals surface area contributed by atoms with Crippen LogP contribution in [0.25, 0.3) is 0 Å². The number of hydrogen-bond donors (Lipinski definition) is 1. The molecule has 1 saturated heterocycles. The Balaban J connectivity index is 1.82. The second kappa shape index (κ2) is 4.70. The van der Waals surface area contributed by atoms with Gasteiger partial charge in [-0.05, 0) is 18.4 Å². The van der Waals surface area contributed by atoms with Crippen LogP contribution in [0.3, 0.4) is 0 Å². The Morgan fingerprint density at radius 3 is 3.00 bits per heavy atom. The largest absolute Gasteiger partial charge is 0.456 e. The summed E-state index contributed by atoms with van der Waals surface area (Å²) in [4.78, 5) is 11.9. The fourth-order valence-electron chi connectivity index (χ4n) is 1.71. The zero-order valence-electron chi connectivity index (χ0n) is 9.28. The van der Waals surface area contributed by atoms with Crippen molar-refractivity contribution < 1.29 is 18.3 Å². The molecule has 0 radical (unpaired) electrons. The third-order valence-corrected chi connectivity index (χ3v) is 3.73. The third-order valence-electron chi connectivity index (χ3n) is 2.68. The molecule has 94 valence electrons. The molecule has 2 heterocycles. The van der Waals surface area contributed by atoms with Crippen LogP contribution < -0.4 is 5.32 Å². The molecule has 6 heteroatoms. The van der Waals surface area contributed by atoms with Crippen LogP contribution in [0.1, 0.15) is 24.3 Å². The number of thiophene rings is 1. The lowest BCUT2D eigenvalue weighted by Crippen LogP contribution is -2.29. The average molecular weight is 261 g/mol. The maximum absolute atomic E-state index is 12.9. The first kappa shape index (κ1) is 12.4. The Morgan fingerprint density at radius 2 is 2.47 bits per heavy atom. The van der Waals surface area contributed by atoms with E-state index < -0.39 is 24.4 Å². The number of ether oxygens (including phenoxy) is 1. The highest BCUT2D eigenvalue weighted by Gasteiger charge is 2.50. The van der Waals surface area contributed by atoms with Crippen LogP contribution in [-0.4, -0.2) is 24.5 Å². The van der Waals surface area contributed by atoms with E-state index in [-0.39, 0.29) is 12.6 Å². The topological polar surface area (TPSA) is 38.3 Å². The fourth-order valence-corrected chi connectivity index (χ4v) is 2.47. The number of carbonyl (C=O) groups is 1. The lowest BCUT2D eigenvalue weighted by atomic mass is 10.2. The SMILES string of the molecule is CC(NCC1CC(F)(F)C(=O)O1)c1cccs1. The van der Waals surface area contributed by atoms with Gasteiger partial charge < -0.3 is 10.1 Å². The van der Waals surface area contributed by atoms with Crippen molar-refractivity contribution in [2.24, 2.45) is 0 Å². The van der Waals surface area contributed by atoms with E-state index in [1.165, 1.54) is 0 Å². The predicted molar refractivity (Wildman–Crippen MR) is 60.2 cm³/mol. The number of cyclic esters (lactones) is 1. The van der Waals surface area contributed by atoms with Crippen LogP contribution in [0.2, 0.25) is 0 Å². The molecule has 0 spiro atoms. The van der Waals surface area contributed by atoms with Crippen molar-refractivity contribution in [3.63, 3.8) is 0 Å². The van der Waals surface area contributed by atoms with Crippen molar-refractivity contribution >= 4 is 17.3 Å². The summed E-state index contributed by atoms with van der Waals surface area (Å²) >= 11 is 1.60. The van der Waals surface area contributed by atoms with Gasteiger partial charge in [0.15, 0.2) is 0 Å². The van der Waals surface area contributed by atoms with Gasteiger partial charge in [0.1, 0.15) is 6.10 Å². The summed E-state index contributed by atoms with van der Waals surface area (Å²) in [5.41, 5.74) is 0. The molecular weight excluding hydrogens is 248 g/mol. The second-order valence-electron chi connectivity index (χ2n) is 4.08. The molecule has 0 aliphatic carbocycles. The summed E-state index contributed by atoms with van der Waals surface area (Å²) in [6.45, 7) is 2.20. The number of halogens is 2. The third kappa shape index (κ3) is 2.81. The quantitative estimate of drug-likeness (QED) is 0.845. The molecule has 0 aromatic carbocycles. The summed E-state index contributed by atoms with van der Waals surface area (Å²) < 4.78 is 30.4. The maximum Gasteiger partial charge on any atom is 0.377 e. The molecule has 0 saturated carbocycles. The summed E-state index contributed by atoms with van der Waals surface area (Å²) in [6.07, 6.45) is -1.27. The van der Waals surface area contributed by atoms with Gasteiger partial charge in [0.2, 0.25) is 0 Å². The number of carbonyl (C=O) groups excluding carboxylic acids is 1. The van der Waals surface area contributed by atoms with E-state index in [4.69, 9.17) is 0 Å². The van der Waals surface area contributed by atoms with Crippen molar-refractivity contribution in [3.05, 3.63) is 22.4 Å². The Morgan fingerprint density at radius 1 is 1.71 bits per heavy atom. The van der Waals surface area contributed by atoms with E-state index in [1.807, 2.05) is 24.4 Å². The Kier molecular flexibility index (Phi) is 3.44. The van der Waals surface area contributed by atoms with Crippen LogP contribution in [-0.2, 0) is 9.53 Å². The molecule has 1 aromatic heterocycles. The van der Waals surface area contributed by atoms with Crippen molar-refractivity contribution in [3.8, 4) is 0 Å². The number of rotatable bonds is 4. The van der Waals surface area contributed by atoms with Crippen molar-refractivity contribution in [1.82, 2.24) is 5.32 Å². The molecule has 2 unspecified atom stereocenters. The molecule has 2 atom stereocenters. The highest BCUT2D eigenvalue weighted by molar-refractivity contribution is 7.10. The Labute approximate surface area is 102 Å². The lowest BCUT2D eigenvalue weighted by molar-refractivity contribution is -0.159. The maximum atomic E-state index is 12.9. The summed E-state index contributed by atoms with van der Waals surface area (Å²) in [5.74, 6) is -4.73. The molecule has 0 amide bonds. The first-order valence-corrected chi connectivity index (χ1v) is 6.23. The fraction of sp³-hybridized carbons (Fsp3) is 0.545. The molecule has 2 rings (SSSR count). The van der Waals surface area contributed by atoms with Gasteiger partial charge in [0.05, 0.1) is 6.42 Å². The van der Waals surface area contributed by atoms with E-state index >= 15 is 0 Å². The zero-order chi connectivity index (χ0) is 12.5. The van der Waals surface area contributed by atoms with Crippen LogP contribution in [0, 0.1) is 0 Å². The lowest BCUT2D eigenvalue weighted by Gasteiger charge is -2.15. The molecule has 1 aliphatic rings. The van der Waals surface area contributed by atoms with E-state index in [2.05, 4.69) is 10.1 Å². The molecule has 0 bridgehead atoms. The summed E-state index contributed by atoms with van der Waals surface area (Å²) in [6, 6.07) is 3.97. The molecule has 1 N–H and O–H groups in total. The number of alkyl halides is 2. The number of esters is 1. The van der Waals surface area contributed by atoms with E-state index in [1.54, 1.807) is 11.3 Å². The Hall–Kier alpha value is -1.01. The molecular formula is C11H13F2NO2S. The van der Waals surface area contributed by atoms with Crippen molar-refractivity contribution in [2.45, 2.75) is 31.4 Å². The highest BCUT2D eigenvalue weighted by atomic mass is 32.1. The molecule has 1 aliphatic heterocycles. The second-order valence-corrected chi connectivity index (χ2v) is 5.06. The minimum Gasteiger partial charge on any atom is -0.456 e. The predicted octanol–water partition coefficient (Wildman–Crippen LogP) is 2.35. The van der Waals surface area contributed by atoms with Gasteiger partial charge in [-0.1, -0.05) is 6.07 Å². The number of nitrogens with one attached hydrogen (secondary N) is 1. The van der Waals surface area contributed by atoms with Crippen LogP contribution >= 0.6 is 11.3 Å².